The van der Waals surface area contributed by atoms with Gasteiger partial charge in [-0.3, -0.25) is 4.90 Å². The van der Waals surface area contributed by atoms with Gasteiger partial charge in [-0.1, -0.05) is 36.9 Å². The summed E-state index contributed by atoms with van der Waals surface area (Å²) in [4.78, 5) is 14.0. The van der Waals surface area contributed by atoms with Gasteiger partial charge in [0.05, 0.1) is 12.3 Å². The predicted octanol–water partition coefficient (Wildman–Crippen LogP) is 3.95. The summed E-state index contributed by atoms with van der Waals surface area (Å²) in [6.45, 7) is 9.47. The Morgan fingerprint density at radius 1 is 1.33 bits per heavy atom. The van der Waals surface area contributed by atoms with Gasteiger partial charge in [-0.15, -0.1) is 0 Å². The van der Waals surface area contributed by atoms with Gasteiger partial charge in [0, 0.05) is 13.1 Å². The molecule has 1 unspecified atom stereocenters. The Balaban J connectivity index is 2.02. The molecule has 0 aliphatic carbocycles. The second-order valence-corrected chi connectivity index (χ2v) is 7.78. The molecule has 27 heavy (non-hydrogen) atoms. The Kier molecular flexibility index (Phi) is 6.59. The Bertz CT molecular complexity index is 646. The van der Waals surface area contributed by atoms with Crippen molar-refractivity contribution in [1.82, 2.24) is 10.2 Å². The standard InChI is InChI=1S/C20H28F2N2O3/c1-5-20(21,22)19(11-12-24(14-19)15-27-18(2,3)4)23-17(25)26-13-16-9-7-6-8-10-16/h5-10H,1,11-15H2,2-4H3,(H,23,25). The summed E-state index contributed by atoms with van der Waals surface area (Å²) in [7, 11) is 0. The molecule has 1 fully saturated rings. The van der Waals surface area contributed by atoms with E-state index in [1.807, 2.05) is 39.0 Å². The molecule has 1 heterocycles. The number of alkyl halides is 2. The third-order valence-corrected chi connectivity index (χ3v) is 4.48. The fourth-order valence-corrected chi connectivity index (χ4v) is 2.89. The molecular formula is C20H28F2N2O3. The number of nitrogens with one attached hydrogen (secondary N) is 1. The first kappa shape index (κ1) is 21.3. The van der Waals surface area contributed by atoms with E-state index in [1.165, 1.54) is 0 Å². The van der Waals surface area contributed by atoms with Crippen molar-refractivity contribution in [2.24, 2.45) is 0 Å². The van der Waals surface area contributed by atoms with Crippen molar-refractivity contribution in [3.05, 3.63) is 48.6 Å². The maximum Gasteiger partial charge on any atom is 0.408 e. The number of carbonyl (C=O) groups is 1. The molecule has 1 atom stereocenters. The lowest BCUT2D eigenvalue weighted by atomic mass is 9.90. The van der Waals surface area contributed by atoms with Gasteiger partial charge in [0.1, 0.15) is 12.1 Å². The van der Waals surface area contributed by atoms with Gasteiger partial charge in [-0.25, -0.2) is 4.79 Å². The minimum Gasteiger partial charge on any atom is -0.445 e. The predicted molar refractivity (Wildman–Crippen MR) is 99.5 cm³/mol. The monoisotopic (exact) mass is 382 g/mol. The van der Waals surface area contributed by atoms with E-state index in [0.717, 1.165) is 5.56 Å². The SMILES string of the molecule is C=CC(F)(F)C1(NC(=O)OCc2ccccc2)CCN(COC(C)(C)C)C1. The van der Waals surface area contributed by atoms with Crippen molar-refractivity contribution >= 4 is 6.09 Å². The highest BCUT2D eigenvalue weighted by Crippen LogP contribution is 2.38. The van der Waals surface area contributed by atoms with Crippen LogP contribution >= 0.6 is 0 Å². The molecule has 1 saturated heterocycles. The van der Waals surface area contributed by atoms with Gasteiger partial charge in [0.15, 0.2) is 0 Å². The van der Waals surface area contributed by atoms with Crippen LogP contribution in [0, 0.1) is 0 Å². The zero-order chi connectivity index (χ0) is 20.1. The number of likely N-dealkylation sites (tertiary alicyclic amines) is 1. The van der Waals surface area contributed by atoms with Crippen molar-refractivity contribution in [1.29, 1.82) is 0 Å². The van der Waals surface area contributed by atoms with Crippen LogP contribution in [-0.4, -0.2) is 47.9 Å². The largest absolute Gasteiger partial charge is 0.445 e. The second-order valence-electron chi connectivity index (χ2n) is 7.78. The minimum atomic E-state index is -3.28. The molecule has 5 nitrogen and oxygen atoms in total. The van der Waals surface area contributed by atoms with E-state index in [2.05, 4.69) is 11.9 Å². The summed E-state index contributed by atoms with van der Waals surface area (Å²) < 4.78 is 40.1. The molecule has 0 bridgehead atoms. The molecule has 1 aromatic rings. The Morgan fingerprint density at radius 2 is 2.00 bits per heavy atom. The van der Waals surface area contributed by atoms with E-state index in [9.17, 15) is 13.6 Å². The summed E-state index contributed by atoms with van der Waals surface area (Å²) in [5.41, 5.74) is -1.37. The molecular weight excluding hydrogens is 354 g/mol. The topological polar surface area (TPSA) is 50.8 Å². The summed E-state index contributed by atoms with van der Waals surface area (Å²) in [5.74, 6) is -3.28. The molecule has 1 aliphatic heterocycles. The molecule has 150 valence electrons. The smallest absolute Gasteiger partial charge is 0.408 e. The zero-order valence-electron chi connectivity index (χ0n) is 16.1. The third-order valence-electron chi connectivity index (χ3n) is 4.48. The van der Waals surface area contributed by atoms with Gasteiger partial charge in [-0.2, -0.15) is 8.78 Å². The molecule has 0 spiro atoms. The maximum absolute atomic E-state index is 14.6. The van der Waals surface area contributed by atoms with Gasteiger partial charge in [-0.05, 0) is 38.8 Å². The van der Waals surface area contributed by atoms with E-state index >= 15 is 0 Å². The van der Waals surface area contributed by atoms with Crippen LogP contribution in [0.5, 0.6) is 0 Å². The van der Waals surface area contributed by atoms with E-state index in [1.54, 1.807) is 17.0 Å². The molecule has 1 aliphatic rings. The van der Waals surface area contributed by atoms with Crippen molar-refractivity contribution in [3.8, 4) is 0 Å². The molecule has 1 amide bonds. The van der Waals surface area contributed by atoms with Crippen LogP contribution in [0.15, 0.2) is 43.0 Å². The molecule has 7 heteroatoms. The van der Waals surface area contributed by atoms with Crippen LogP contribution in [0.4, 0.5) is 13.6 Å². The van der Waals surface area contributed by atoms with E-state index in [0.29, 0.717) is 12.6 Å². The number of ether oxygens (including phenoxy) is 2. The molecule has 0 saturated carbocycles. The lowest BCUT2D eigenvalue weighted by molar-refractivity contribution is -0.0722. The number of hydrogen-bond donors (Lipinski definition) is 1. The van der Waals surface area contributed by atoms with Crippen molar-refractivity contribution in [2.75, 3.05) is 19.8 Å². The number of carbonyl (C=O) groups excluding carboxylic acids is 1. The Morgan fingerprint density at radius 3 is 2.59 bits per heavy atom. The fourth-order valence-electron chi connectivity index (χ4n) is 2.89. The van der Waals surface area contributed by atoms with Crippen LogP contribution in [0.3, 0.4) is 0 Å². The Hall–Kier alpha value is -1.99. The van der Waals surface area contributed by atoms with Crippen LogP contribution < -0.4 is 5.32 Å². The highest BCUT2D eigenvalue weighted by Gasteiger charge is 2.56. The van der Waals surface area contributed by atoms with Crippen LogP contribution in [0.1, 0.15) is 32.8 Å². The fraction of sp³-hybridized carbons (Fsp3) is 0.550. The summed E-state index contributed by atoms with van der Waals surface area (Å²) in [5, 5.41) is 2.40. The van der Waals surface area contributed by atoms with Gasteiger partial charge < -0.3 is 14.8 Å². The number of halogens is 2. The Labute approximate surface area is 159 Å². The van der Waals surface area contributed by atoms with E-state index < -0.39 is 17.6 Å². The molecule has 2 rings (SSSR count). The first-order valence-electron chi connectivity index (χ1n) is 8.93. The van der Waals surface area contributed by atoms with Gasteiger partial charge in [0.2, 0.25) is 0 Å². The van der Waals surface area contributed by atoms with Crippen LogP contribution in [0.25, 0.3) is 0 Å². The highest BCUT2D eigenvalue weighted by atomic mass is 19.3. The van der Waals surface area contributed by atoms with Crippen molar-refractivity contribution in [3.63, 3.8) is 0 Å². The number of benzene rings is 1. The summed E-state index contributed by atoms with van der Waals surface area (Å²) in [6.07, 6.45) is -0.225. The lowest BCUT2D eigenvalue weighted by Gasteiger charge is -2.36. The number of nitrogens with zero attached hydrogens (tertiary/aromatic N) is 1. The lowest BCUT2D eigenvalue weighted by Crippen LogP contribution is -2.61. The quantitative estimate of drug-likeness (QED) is 0.726. The second kappa shape index (κ2) is 8.35. The maximum atomic E-state index is 14.6. The number of hydrogen-bond acceptors (Lipinski definition) is 4. The summed E-state index contributed by atoms with van der Waals surface area (Å²) >= 11 is 0. The molecule has 1 aromatic carbocycles. The minimum absolute atomic E-state index is 0.0132. The molecule has 1 N–H and O–H groups in total. The van der Waals surface area contributed by atoms with E-state index in [-0.39, 0.29) is 31.9 Å². The number of alkyl carbamates (subject to hydrolysis) is 1. The highest BCUT2D eigenvalue weighted by molar-refractivity contribution is 5.69. The van der Waals surface area contributed by atoms with Crippen molar-refractivity contribution < 1.29 is 23.0 Å². The number of rotatable bonds is 7. The van der Waals surface area contributed by atoms with Gasteiger partial charge in [0.25, 0.3) is 5.92 Å². The zero-order valence-corrected chi connectivity index (χ0v) is 16.1. The number of amides is 1. The average Bonchev–Trinajstić information content (AvgIpc) is 3.03. The third kappa shape index (κ3) is 5.74. The van der Waals surface area contributed by atoms with Crippen molar-refractivity contribution in [2.45, 2.75) is 50.9 Å². The first-order chi connectivity index (χ1) is 12.6. The summed E-state index contributed by atoms with van der Waals surface area (Å²) in [6, 6.07) is 9.06. The van der Waals surface area contributed by atoms with E-state index in [4.69, 9.17) is 9.47 Å². The first-order valence-corrected chi connectivity index (χ1v) is 8.93. The average molecular weight is 382 g/mol. The van der Waals surface area contributed by atoms with Crippen LogP contribution in [-0.2, 0) is 16.1 Å². The van der Waals surface area contributed by atoms with Gasteiger partial charge >= 0.3 is 6.09 Å². The molecule has 0 aromatic heterocycles. The molecule has 0 radical (unpaired) electrons. The normalized spacial score (nSPS) is 21.1. The van der Waals surface area contributed by atoms with Crippen LogP contribution in [0.2, 0.25) is 0 Å².